The highest BCUT2D eigenvalue weighted by Gasteiger charge is 2.21. The first-order valence-corrected chi connectivity index (χ1v) is 15.3. The van der Waals surface area contributed by atoms with Crippen LogP contribution in [0.15, 0.2) is 127 Å². The van der Waals surface area contributed by atoms with Crippen LogP contribution in [0.1, 0.15) is 27.0 Å². The molecule has 0 aliphatic rings. The van der Waals surface area contributed by atoms with Crippen molar-refractivity contribution in [2.45, 2.75) is 19.0 Å². The average Bonchev–Trinajstić information content (AvgIpc) is 3.09. The van der Waals surface area contributed by atoms with Crippen LogP contribution >= 0.6 is 11.6 Å². The molecule has 0 radical (unpaired) electrons. The number of hydrogen-bond donors (Lipinski definition) is 2. The van der Waals surface area contributed by atoms with Gasteiger partial charge in [0.2, 0.25) is 0 Å². The summed E-state index contributed by atoms with van der Waals surface area (Å²) in [6.45, 7) is 1.60. The molecule has 1 unspecified atom stereocenters. The molecule has 0 bridgehead atoms. The Bertz CT molecular complexity index is 1760. The molecule has 2 N–H and O–H groups in total. The number of carbonyl (C=O) groups excluding carboxylic acids is 1. The van der Waals surface area contributed by atoms with Gasteiger partial charge in [-0.15, -0.1) is 0 Å². The van der Waals surface area contributed by atoms with Gasteiger partial charge >= 0.3 is 5.97 Å². The number of halogens is 1. The number of nitrogens with one attached hydrogen (secondary N) is 1. The molecule has 7 nitrogen and oxygen atoms in total. The third-order valence-corrected chi connectivity index (χ3v) is 7.85. The van der Waals surface area contributed by atoms with Crippen molar-refractivity contribution in [1.29, 1.82) is 0 Å². The van der Waals surface area contributed by atoms with E-state index >= 15 is 0 Å². The summed E-state index contributed by atoms with van der Waals surface area (Å²) in [6.07, 6.45) is 0.213. The average molecular weight is 635 g/mol. The van der Waals surface area contributed by atoms with Gasteiger partial charge in [-0.1, -0.05) is 90.5 Å². The third kappa shape index (κ3) is 8.46. The van der Waals surface area contributed by atoms with Gasteiger partial charge in [0.15, 0.2) is 5.78 Å². The van der Waals surface area contributed by atoms with Crippen molar-refractivity contribution in [3.05, 3.63) is 155 Å². The molecule has 0 amide bonds. The highest BCUT2D eigenvalue weighted by molar-refractivity contribution is 6.33. The SMILES string of the molecule is COc1cccc(CN(CCOc2ccc(CC(Nc3ccccc3C(=O)c3ccccc3)C(=O)O)cc2)c2ccccc2Cl)c1. The molecular formula is C38H35ClN2O5. The van der Waals surface area contributed by atoms with Gasteiger partial charge in [0.1, 0.15) is 24.1 Å². The molecule has 0 aliphatic carbocycles. The Balaban J connectivity index is 1.22. The van der Waals surface area contributed by atoms with Crippen LogP contribution < -0.4 is 19.7 Å². The lowest BCUT2D eigenvalue weighted by molar-refractivity contribution is -0.137. The molecule has 0 aromatic heterocycles. The van der Waals surface area contributed by atoms with Gasteiger partial charge in [0, 0.05) is 29.8 Å². The number of nitrogens with zero attached hydrogens (tertiary/aromatic N) is 1. The Morgan fingerprint density at radius 2 is 1.52 bits per heavy atom. The molecule has 5 aromatic carbocycles. The van der Waals surface area contributed by atoms with Crippen LogP contribution in [0, 0.1) is 0 Å². The number of ketones is 1. The molecule has 0 spiro atoms. The van der Waals surface area contributed by atoms with E-state index in [4.69, 9.17) is 21.1 Å². The number of hydrogen-bond acceptors (Lipinski definition) is 6. The lowest BCUT2D eigenvalue weighted by atomic mass is 10.00. The first kappa shape index (κ1) is 32.1. The summed E-state index contributed by atoms with van der Waals surface area (Å²) < 4.78 is 11.5. The number of rotatable bonds is 15. The Morgan fingerprint density at radius 3 is 2.26 bits per heavy atom. The largest absolute Gasteiger partial charge is 0.497 e. The highest BCUT2D eigenvalue weighted by atomic mass is 35.5. The topological polar surface area (TPSA) is 88.1 Å². The van der Waals surface area contributed by atoms with Crippen molar-refractivity contribution in [2.75, 3.05) is 30.5 Å². The Labute approximate surface area is 274 Å². The van der Waals surface area contributed by atoms with Crippen molar-refractivity contribution in [3.63, 3.8) is 0 Å². The number of aliphatic carboxylic acids is 1. The smallest absolute Gasteiger partial charge is 0.326 e. The number of carboxylic acids is 1. The zero-order chi connectivity index (χ0) is 32.3. The Hall–Kier alpha value is -5.27. The number of carboxylic acid groups (broad SMARTS) is 1. The Kier molecular flexibility index (Phi) is 10.9. The standard InChI is InChI=1S/C38H35ClN2O5/c1-45-31-13-9-10-28(24-31)26-41(36-17-8-6-15-33(36)39)22-23-46-30-20-18-27(19-21-30)25-35(38(43)44)40-34-16-7-5-14-32(34)37(42)29-11-3-2-4-12-29/h2-21,24,35,40H,22-23,25-26H2,1H3,(H,43,44). The van der Waals surface area contributed by atoms with E-state index in [1.54, 1.807) is 55.6 Å². The third-order valence-electron chi connectivity index (χ3n) is 7.53. The van der Waals surface area contributed by atoms with Crippen molar-refractivity contribution in [1.82, 2.24) is 0 Å². The zero-order valence-electron chi connectivity index (χ0n) is 25.4. The molecule has 5 rings (SSSR count). The molecule has 0 aliphatic heterocycles. The van der Waals surface area contributed by atoms with Crippen LogP contribution in [0.2, 0.25) is 5.02 Å². The van der Waals surface area contributed by atoms with Gasteiger partial charge in [0.25, 0.3) is 0 Å². The van der Waals surface area contributed by atoms with E-state index < -0.39 is 12.0 Å². The van der Waals surface area contributed by atoms with Gasteiger partial charge in [-0.2, -0.15) is 0 Å². The van der Waals surface area contributed by atoms with Gasteiger partial charge in [-0.25, -0.2) is 4.79 Å². The van der Waals surface area contributed by atoms with E-state index in [9.17, 15) is 14.7 Å². The van der Waals surface area contributed by atoms with E-state index in [1.807, 2.05) is 78.9 Å². The molecule has 0 saturated heterocycles. The molecule has 46 heavy (non-hydrogen) atoms. The molecular weight excluding hydrogens is 600 g/mol. The van der Waals surface area contributed by atoms with Crippen LogP contribution in [0.25, 0.3) is 0 Å². The van der Waals surface area contributed by atoms with E-state index in [1.165, 1.54) is 0 Å². The maximum atomic E-state index is 13.1. The number of methoxy groups -OCH3 is 1. The number of anilines is 2. The quantitative estimate of drug-likeness (QED) is 0.114. The summed E-state index contributed by atoms with van der Waals surface area (Å²) in [5, 5.41) is 13.8. The van der Waals surface area contributed by atoms with Crippen LogP contribution in [-0.4, -0.2) is 43.2 Å². The first-order chi connectivity index (χ1) is 22.4. The monoisotopic (exact) mass is 634 g/mol. The van der Waals surface area contributed by atoms with Crippen LogP contribution in [0.3, 0.4) is 0 Å². The second kappa shape index (κ2) is 15.6. The van der Waals surface area contributed by atoms with E-state index in [2.05, 4.69) is 10.2 Å². The van der Waals surface area contributed by atoms with Crippen LogP contribution in [-0.2, 0) is 17.8 Å². The molecule has 0 fully saturated rings. The molecule has 8 heteroatoms. The molecule has 1 atom stereocenters. The lowest BCUT2D eigenvalue weighted by Gasteiger charge is -2.26. The predicted octanol–water partition coefficient (Wildman–Crippen LogP) is 7.77. The van der Waals surface area contributed by atoms with Gasteiger partial charge in [-0.05, 0) is 59.7 Å². The predicted molar refractivity (Wildman–Crippen MR) is 182 cm³/mol. The second-order valence-corrected chi connectivity index (χ2v) is 11.1. The maximum Gasteiger partial charge on any atom is 0.326 e. The molecule has 0 saturated carbocycles. The fraction of sp³-hybridized carbons (Fsp3) is 0.158. The summed E-state index contributed by atoms with van der Waals surface area (Å²) in [4.78, 5) is 27.5. The minimum absolute atomic E-state index is 0.175. The number of para-hydroxylation sites is 2. The normalized spacial score (nSPS) is 11.3. The fourth-order valence-electron chi connectivity index (χ4n) is 5.16. The fourth-order valence-corrected chi connectivity index (χ4v) is 5.41. The summed E-state index contributed by atoms with van der Waals surface area (Å²) in [5.74, 6) is 0.268. The highest BCUT2D eigenvalue weighted by Crippen LogP contribution is 2.28. The Morgan fingerprint density at radius 1 is 0.804 bits per heavy atom. The molecule has 5 aromatic rings. The zero-order valence-corrected chi connectivity index (χ0v) is 26.2. The van der Waals surface area contributed by atoms with Crippen LogP contribution in [0.4, 0.5) is 11.4 Å². The van der Waals surface area contributed by atoms with Gasteiger partial charge in [-0.3, -0.25) is 4.79 Å². The van der Waals surface area contributed by atoms with E-state index in [0.29, 0.717) is 47.3 Å². The van der Waals surface area contributed by atoms with E-state index in [0.717, 1.165) is 22.6 Å². The summed E-state index contributed by atoms with van der Waals surface area (Å²) in [5.41, 5.74) is 4.23. The lowest BCUT2D eigenvalue weighted by Crippen LogP contribution is -2.32. The summed E-state index contributed by atoms with van der Waals surface area (Å²) in [7, 11) is 1.65. The second-order valence-electron chi connectivity index (χ2n) is 10.7. The summed E-state index contributed by atoms with van der Waals surface area (Å²) in [6, 6.07) is 38.0. The number of benzene rings is 5. The summed E-state index contributed by atoms with van der Waals surface area (Å²) >= 11 is 6.55. The van der Waals surface area contributed by atoms with E-state index in [-0.39, 0.29) is 12.2 Å². The van der Waals surface area contributed by atoms with Crippen LogP contribution in [0.5, 0.6) is 11.5 Å². The first-order valence-electron chi connectivity index (χ1n) is 14.9. The van der Waals surface area contributed by atoms with Crippen molar-refractivity contribution in [2.24, 2.45) is 0 Å². The molecule has 234 valence electrons. The number of ether oxygens (including phenoxy) is 2. The maximum absolute atomic E-state index is 13.1. The number of carbonyl (C=O) groups is 2. The van der Waals surface area contributed by atoms with Crippen molar-refractivity contribution < 1.29 is 24.2 Å². The minimum Gasteiger partial charge on any atom is -0.497 e. The van der Waals surface area contributed by atoms with Gasteiger partial charge < -0.3 is 24.8 Å². The van der Waals surface area contributed by atoms with Crippen molar-refractivity contribution >= 4 is 34.7 Å². The van der Waals surface area contributed by atoms with Crippen molar-refractivity contribution in [3.8, 4) is 11.5 Å². The molecule has 0 heterocycles. The minimum atomic E-state index is -1.02. The van der Waals surface area contributed by atoms with Gasteiger partial charge in [0.05, 0.1) is 24.4 Å².